The van der Waals surface area contributed by atoms with Crippen molar-refractivity contribution in [3.05, 3.63) is 59.9 Å². The second-order valence-corrected chi connectivity index (χ2v) is 8.26. The lowest BCUT2D eigenvalue weighted by atomic mass is 10.1. The number of rotatable bonds is 13. The lowest BCUT2D eigenvalue weighted by Gasteiger charge is -2.24. The first kappa shape index (κ1) is 23.2. The summed E-state index contributed by atoms with van der Waals surface area (Å²) in [6, 6.07) is 14.7. The molecule has 0 aliphatic carbocycles. The minimum Gasteiger partial charge on any atom is -0.463 e. The van der Waals surface area contributed by atoms with Crippen molar-refractivity contribution in [3.8, 4) is 0 Å². The summed E-state index contributed by atoms with van der Waals surface area (Å²) in [6.07, 6.45) is 3.74. The standard InChI is InChI=1S/C24H36N2O3/c1-4-9-24(28)29-19-23(27)18-25(15-13-20(2)3)17-22-12-8-14-26(22)16-21-10-6-5-7-11-21/h5-8,10-12,14,20,23,27H,4,9,13,15-19H2,1-3H3/p+1/t23-/m1/s1. The second kappa shape index (κ2) is 12.5. The highest BCUT2D eigenvalue weighted by Crippen LogP contribution is 2.07. The largest absolute Gasteiger partial charge is 0.463 e. The van der Waals surface area contributed by atoms with Crippen molar-refractivity contribution < 1.29 is 19.5 Å². The number of carbonyl (C=O) groups is 1. The third kappa shape index (κ3) is 8.84. The van der Waals surface area contributed by atoms with Gasteiger partial charge in [0.25, 0.3) is 0 Å². The van der Waals surface area contributed by atoms with Crippen molar-refractivity contribution in [3.63, 3.8) is 0 Å². The molecule has 0 aliphatic heterocycles. The maximum atomic E-state index is 11.6. The van der Waals surface area contributed by atoms with Crippen molar-refractivity contribution in [2.24, 2.45) is 5.92 Å². The van der Waals surface area contributed by atoms with E-state index in [9.17, 15) is 9.90 Å². The molecule has 1 heterocycles. The molecule has 0 saturated heterocycles. The maximum absolute atomic E-state index is 11.6. The lowest BCUT2D eigenvalue weighted by Crippen LogP contribution is -3.12. The Morgan fingerprint density at radius 2 is 1.93 bits per heavy atom. The van der Waals surface area contributed by atoms with Gasteiger partial charge in [-0.25, -0.2) is 0 Å². The molecule has 0 radical (unpaired) electrons. The Morgan fingerprint density at radius 1 is 1.17 bits per heavy atom. The number of benzene rings is 1. The smallest absolute Gasteiger partial charge is 0.305 e. The van der Waals surface area contributed by atoms with Crippen LogP contribution in [0.1, 0.15) is 51.3 Å². The summed E-state index contributed by atoms with van der Waals surface area (Å²) in [5.41, 5.74) is 2.53. The average Bonchev–Trinajstić information content (AvgIpc) is 3.12. The van der Waals surface area contributed by atoms with Gasteiger partial charge in [0, 0.05) is 19.2 Å². The Balaban J connectivity index is 1.97. The highest BCUT2D eigenvalue weighted by atomic mass is 16.5. The van der Waals surface area contributed by atoms with Crippen LogP contribution in [0.2, 0.25) is 0 Å². The topological polar surface area (TPSA) is 55.9 Å². The van der Waals surface area contributed by atoms with E-state index < -0.39 is 6.10 Å². The number of hydrogen-bond acceptors (Lipinski definition) is 3. The molecule has 1 aromatic heterocycles. The minimum absolute atomic E-state index is 0.0784. The van der Waals surface area contributed by atoms with Crippen LogP contribution < -0.4 is 4.90 Å². The molecule has 0 aliphatic rings. The lowest BCUT2D eigenvalue weighted by molar-refractivity contribution is -0.917. The predicted octanol–water partition coefficient (Wildman–Crippen LogP) is 2.67. The summed E-state index contributed by atoms with van der Waals surface area (Å²) < 4.78 is 7.48. The molecule has 29 heavy (non-hydrogen) atoms. The molecule has 0 saturated carbocycles. The highest BCUT2D eigenvalue weighted by molar-refractivity contribution is 5.69. The van der Waals surface area contributed by atoms with E-state index >= 15 is 0 Å². The van der Waals surface area contributed by atoms with E-state index in [0.29, 0.717) is 18.9 Å². The monoisotopic (exact) mass is 401 g/mol. The molecule has 2 aromatic rings. The normalized spacial score (nSPS) is 13.4. The van der Waals surface area contributed by atoms with Gasteiger partial charge in [-0.2, -0.15) is 0 Å². The zero-order valence-corrected chi connectivity index (χ0v) is 18.1. The summed E-state index contributed by atoms with van der Waals surface area (Å²) in [5, 5.41) is 10.4. The van der Waals surface area contributed by atoms with Crippen LogP contribution in [-0.2, 0) is 22.6 Å². The van der Waals surface area contributed by atoms with Gasteiger partial charge in [0.15, 0.2) is 0 Å². The summed E-state index contributed by atoms with van der Waals surface area (Å²) in [5.74, 6) is 0.382. The first-order valence-electron chi connectivity index (χ1n) is 10.8. The molecular weight excluding hydrogens is 364 g/mol. The van der Waals surface area contributed by atoms with Gasteiger partial charge in [0.05, 0.1) is 12.2 Å². The molecular formula is C24H37N2O3+. The Labute approximate surface area is 175 Å². The molecule has 2 atom stereocenters. The molecule has 2 N–H and O–H groups in total. The second-order valence-electron chi connectivity index (χ2n) is 8.26. The van der Waals surface area contributed by atoms with Gasteiger partial charge in [-0.3, -0.25) is 4.79 Å². The summed E-state index contributed by atoms with van der Waals surface area (Å²) in [4.78, 5) is 12.9. The molecule has 5 nitrogen and oxygen atoms in total. The molecule has 5 heteroatoms. The van der Waals surface area contributed by atoms with E-state index in [1.807, 2.05) is 13.0 Å². The maximum Gasteiger partial charge on any atom is 0.305 e. The van der Waals surface area contributed by atoms with Gasteiger partial charge in [0.1, 0.15) is 25.8 Å². The van der Waals surface area contributed by atoms with Gasteiger partial charge in [-0.15, -0.1) is 0 Å². The first-order chi connectivity index (χ1) is 14.0. The van der Waals surface area contributed by atoms with Gasteiger partial charge in [0.2, 0.25) is 0 Å². The van der Waals surface area contributed by atoms with Gasteiger partial charge < -0.3 is 19.3 Å². The van der Waals surface area contributed by atoms with Crippen molar-refractivity contribution in [1.82, 2.24) is 4.57 Å². The Hall–Kier alpha value is -2.11. The number of nitrogens with zero attached hydrogens (tertiary/aromatic N) is 1. The van der Waals surface area contributed by atoms with Crippen molar-refractivity contribution in [2.75, 3.05) is 19.7 Å². The molecule has 160 valence electrons. The van der Waals surface area contributed by atoms with E-state index in [2.05, 4.69) is 61.0 Å². The van der Waals surface area contributed by atoms with Crippen molar-refractivity contribution in [1.29, 1.82) is 0 Å². The van der Waals surface area contributed by atoms with Gasteiger partial charge >= 0.3 is 5.97 Å². The SMILES string of the molecule is CCCC(=O)OC[C@H](O)C[NH+](CCC(C)C)Cc1cccn1Cc1ccccc1. The number of hydrogen-bond donors (Lipinski definition) is 2. The molecule has 0 fully saturated rings. The van der Waals surface area contributed by atoms with E-state index in [1.165, 1.54) is 16.2 Å². The zero-order valence-electron chi connectivity index (χ0n) is 18.1. The fraction of sp³-hybridized carbons (Fsp3) is 0.542. The summed E-state index contributed by atoms with van der Waals surface area (Å²) >= 11 is 0. The van der Waals surface area contributed by atoms with Crippen LogP contribution in [0.5, 0.6) is 0 Å². The molecule has 0 bridgehead atoms. The number of quaternary nitrogens is 1. The van der Waals surface area contributed by atoms with E-state index in [4.69, 9.17) is 4.74 Å². The number of aliphatic hydroxyl groups excluding tert-OH is 1. The number of aromatic nitrogens is 1. The number of carbonyl (C=O) groups excluding carboxylic acids is 1. The predicted molar refractivity (Wildman–Crippen MR) is 116 cm³/mol. The van der Waals surface area contributed by atoms with Crippen LogP contribution in [-0.4, -0.2) is 41.4 Å². The Bertz CT molecular complexity index is 712. The number of esters is 1. The van der Waals surface area contributed by atoms with E-state index in [0.717, 1.165) is 32.5 Å². The summed E-state index contributed by atoms with van der Waals surface area (Å²) in [6.45, 7) is 9.70. The van der Waals surface area contributed by atoms with E-state index in [-0.39, 0.29) is 12.6 Å². The Morgan fingerprint density at radius 3 is 2.62 bits per heavy atom. The van der Waals surface area contributed by atoms with Crippen molar-refractivity contribution in [2.45, 2.75) is 59.2 Å². The third-order valence-corrected chi connectivity index (χ3v) is 5.04. The number of aliphatic hydroxyl groups is 1. The molecule has 0 amide bonds. The molecule has 1 unspecified atom stereocenters. The van der Waals surface area contributed by atoms with Crippen LogP contribution in [0, 0.1) is 5.92 Å². The highest BCUT2D eigenvalue weighted by Gasteiger charge is 2.19. The number of ether oxygens (including phenoxy) is 1. The third-order valence-electron chi connectivity index (χ3n) is 5.04. The summed E-state index contributed by atoms with van der Waals surface area (Å²) in [7, 11) is 0. The van der Waals surface area contributed by atoms with Crippen molar-refractivity contribution >= 4 is 5.97 Å². The van der Waals surface area contributed by atoms with Crippen LogP contribution in [0.25, 0.3) is 0 Å². The first-order valence-corrected chi connectivity index (χ1v) is 10.8. The minimum atomic E-state index is -0.643. The Kier molecular flexibility index (Phi) is 9.95. The van der Waals surface area contributed by atoms with Crippen LogP contribution in [0.15, 0.2) is 48.7 Å². The number of nitrogens with one attached hydrogen (secondary N) is 1. The van der Waals surface area contributed by atoms with Crippen LogP contribution in [0.4, 0.5) is 0 Å². The van der Waals surface area contributed by atoms with Crippen LogP contribution in [0.3, 0.4) is 0 Å². The van der Waals surface area contributed by atoms with E-state index in [1.54, 1.807) is 0 Å². The fourth-order valence-corrected chi connectivity index (χ4v) is 3.41. The van der Waals surface area contributed by atoms with Crippen LogP contribution >= 0.6 is 0 Å². The molecule has 2 rings (SSSR count). The van der Waals surface area contributed by atoms with Gasteiger partial charge in [-0.05, 0) is 36.5 Å². The fourth-order valence-electron chi connectivity index (χ4n) is 3.41. The van der Waals surface area contributed by atoms with Gasteiger partial charge in [-0.1, -0.05) is 51.1 Å². The molecule has 1 aromatic carbocycles. The average molecular weight is 402 g/mol. The quantitative estimate of drug-likeness (QED) is 0.508. The molecule has 0 spiro atoms. The zero-order chi connectivity index (χ0) is 21.1.